The van der Waals surface area contributed by atoms with Gasteiger partial charge in [-0.15, -0.1) is 11.3 Å². The molecule has 2 fully saturated rings. The number of esters is 1. The monoisotopic (exact) mass is 856 g/mol. The smallest absolute Gasteiger partial charge is 0.308 e. The van der Waals surface area contributed by atoms with Crippen LogP contribution in [0.4, 0.5) is 0 Å². The lowest BCUT2D eigenvalue weighted by atomic mass is 9.81. The van der Waals surface area contributed by atoms with Crippen LogP contribution in [0.2, 0.25) is 0 Å². The molecular weight excluding hydrogens is 793 g/mol. The van der Waals surface area contributed by atoms with Crippen LogP contribution in [-0.2, 0) is 33.5 Å². The molecule has 0 aliphatic carbocycles. The number of benzene rings is 1. The third-order valence-corrected chi connectivity index (χ3v) is 12.6. The molecule has 0 saturated carbocycles. The Labute approximate surface area is 357 Å². The first-order valence-electron chi connectivity index (χ1n) is 20.3. The lowest BCUT2D eigenvalue weighted by Crippen LogP contribution is -2.70. The van der Waals surface area contributed by atoms with Gasteiger partial charge in [0.1, 0.15) is 23.1 Å². The van der Waals surface area contributed by atoms with Gasteiger partial charge in [0.15, 0.2) is 0 Å². The van der Waals surface area contributed by atoms with Crippen molar-refractivity contribution >= 4 is 58.6 Å². The number of carbonyl (C=O) groups excluding carboxylic acids is 6. The summed E-state index contributed by atoms with van der Waals surface area (Å²) in [6, 6.07) is 4.21. The van der Waals surface area contributed by atoms with Gasteiger partial charge in [-0.05, 0) is 47.2 Å². The van der Waals surface area contributed by atoms with Gasteiger partial charge in [-0.2, -0.15) is 11.8 Å². The highest BCUT2D eigenvalue weighted by molar-refractivity contribution is 7.98. The Morgan fingerprint density at radius 2 is 1.71 bits per heavy atom. The van der Waals surface area contributed by atoms with E-state index < -0.39 is 76.9 Å². The third kappa shape index (κ3) is 12.7. The summed E-state index contributed by atoms with van der Waals surface area (Å²) in [7, 11) is 1.28. The predicted molar refractivity (Wildman–Crippen MR) is 230 cm³/mol. The van der Waals surface area contributed by atoms with Gasteiger partial charge in [0, 0.05) is 24.0 Å². The van der Waals surface area contributed by atoms with Crippen LogP contribution in [-0.4, -0.2) is 114 Å². The number of rotatable bonds is 14. The summed E-state index contributed by atoms with van der Waals surface area (Å²) >= 11 is 2.85. The molecule has 1 aromatic heterocycles. The SMILES string of the molecule is COC(=O)C[C@@H](NC(=O)[C@@H](NC(=O)[C@@H](NC1NCC(=O)N2CC[C@@H](C)[C@H]2C(=O)N[C@@H](CCSC)C(=O)N[C@H]1C(C)(C)C)C(C)(C)C)[C@@H](C)c1ccccc1)c1nccs1. The number of nitrogens with one attached hydrogen (secondary N) is 6. The number of amides is 5. The maximum atomic E-state index is 14.8. The van der Waals surface area contributed by atoms with Crippen molar-refractivity contribution in [1.82, 2.24) is 41.8 Å². The quantitative estimate of drug-likeness (QED) is 0.153. The number of aromatic nitrogens is 1. The number of methoxy groups -OCH3 is 1. The molecule has 1 aromatic carbocycles. The molecule has 5 amide bonds. The molecule has 0 spiro atoms. The van der Waals surface area contributed by atoms with E-state index in [1.807, 2.05) is 92.0 Å². The Morgan fingerprint density at radius 1 is 1.02 bits per heavy atom. The number of thiazole rings is 1. The number of carbonyl (C=O) groups is 6. The molecule has 2 aromatic rings. The number of nitrogens with zero attached hydrogens (tertiary/aromatic N) is 2. The lowest BCUT2D eigenvalue weighted by molar-refractivity contribution is -0.142. The van der Waals surface area contributed by atoms with Gasteiger partial charge in [0.05, 0.1) is 44.4 Å². The van der Waals surface area contributed by atoms with Gasteiger partial charge in [-0.3, -0.25) is 39.4 Å². The first-order chi connectivity index (χ1) is 27.8. The minimum absolute atomic E-state index is 0.0999. The van der Waals surface area contributed by atoms with E-state index in [1.165, 1.54) is 18.4 Å². The van der Waals surface area contributed by atoms with Crippen LogP contribution < -0.4 is 31.9 Å². The molecule has 3 heterocycles. The van der Waals surface area contributed by atoms with E-state index in [9.17, 15) is 28.8 Å². The molecule has 59 heavy (non-hydrogen) atoms. The minimum Gasteiger partial charge on any atom is -0.469 e. The highest BCUT2D eigenvalue weighted by Crippen LogP contribution is 2.29. The van der Waals surface area contributed by atoms with E-state index in [0.717, 1.165) is 5.56 Å². The first kappa shape index (κ1) is 47.6. The fourth-order valence-electron chi connectivity index (χ4n) is 7.63. The zero-order valence-electron chi connectivity index (χ0n) is 36.0. The summed E-state index contributed by atoms with van der Waals surface area (Å²) in [5.41, 5.74) is -0.582. The van der Waals surface area contributed by atoms with E-state index in [2.05, 4.69) is 36.9 Å². The fourth-order valence-corrected chi connectivity index (χ4v) is 8.79. The van der Waals surface area contributed by atoms with Crippen molar-refractivity contribution in [3.8, 4) is 0 Å². The molecule has 326 valence electrons. The number of thioether (sulfide) groups is 1. The summed E-state index contributed by atoms with van der Waals surface area (Å²) in [5.74, 6) is -2.51. The van der Waals surface area contributed by atoms with Gasteiger partial charge in [-0.25, -0.2) is 4.98 Å². The van der Waals surface area contributed by atoms with Gasteiger partial charge >= 0.3 is 5.97 Å². The zero-order valence-corrected chi connectivity index (χ0v) is 37.7. The summed E-state index contributed by atoms with van der Waals surface area (Å²) < 4.78 is 4.92. The van der Waals surface area contributed by atoms with E-state index >= 15 is 0 Å². The second-order valence-electron chi connectivity index (χ2n) is 17.7. The van der Waals surface area contributed by atoms with Crippen LogP contribution in [0.25, 0.3) is 0 Å². The summed E-state index contributed by atoms with van der Waals surface area (Å²) in [6.07, 6.45) is 3.56. The largest absolute Gasteiger partial charge is 0.469 e. The van der Waals surface area contributed by atoms with E-state index in [-0.39, 0.29) is 36.6 Å². The zero-order chi connectivity index (χ0) is 43.7. The summed E-state index contributed by atoms with van der Waals surface area (Å²) in [5, 5.41) is 21.3. The maximum Gasteiger partial charge on any atom is 0.308 e. The Balaban J connectivity index is 1.72. The predicted octanol–water partition coefficient (Wildman–Crippen LogP) is 3.09. The highest BCUT2D eigenvalue weighted by Gasteiger charge is 2.45. The minimum atomic E-state index is -1.10. The van der Waals surface area contributed by atoms with E-state index in [1.54, 1.807) is 28.2 Å². The second-order valence-corrected chi connectivity index (χ2v) is 19.6. The Kier molecular flexibility index (Phi) is 16.9. The first-order valence-corrected chi connectivity index (χ1v) is 22.5. The Bertz CT molecular complexity index is 1750. The molecule has 15 nitrogen and oxygen atoms in total. The average molecular weight is 857 g/mol. The van der Waals surface area contributed by atoms with Crippen LogP contribution in [0.3, 0.4) is 0 Å². The lowest BCUT2D eigenvalue weighted by Gasteiger charge is -2.43. The molecule has 2 aliphatic heterocycles. The number of ether oxygens (including phenoxy) is 1. The van der Waals surface area contributed by atoms with Crippen molar-refractivity contribution in [2.24, 2.45) is 16.7 Å². The van der Waals surface area contributed by atoms with Crippen molar-refractivity contribution in [3.05, 3.63) is 52.5 Å². The Hall–Kier alpha value is -4.06. The molecular formula is C42H64N8O7S2. The number of hydrogen-bond acceptors (Lipinski definition) is 12. The van der Waals surface area contributed by atoms with Crippen molar-refractivity contribution in [2.45, 2.75) is 123 Å². The molecule has 17 heteroatoms. The van der Waals surface area contributed by atoms with Crippen molar-refractivity contribution < 1.29 is 33.5 Å². The molecule has 2 saturated heterocycles. The molecule has 6 N–H and O–H groups in total. The Morgan fingerprint density at radius 3 is 2.31 bits per heavy atom. The van der Waals surface area contributed by atoms with Crippen LogP contribution in [0.15, 0.2) is 41.9 Å². The maximum absolute atomic E-state index is 14.8. The topological polar surface area (TPSA) is 200 Å². The summed E-state index contributed by atoms with van der Waals surface area (Å²) in [4.78, 5) is 89.4. The molecule has 1 unspecified atom stereocenters. The molecule has 9 atom stereocenters. The van der Waals surface area contributed by atoms with Crippen LogP contribution in [0.5, 0.6) is 0 Å². The standard InChI is InChI=1S/C42H64N8O7S2/c1-24-16-19-50-29(51)23-44-35(33(41(3,4)5)49-36(53)27(17-20-58-10)45-38(55)32(24)50)48-34(42(6,7)8)39(56)47-31(25(2)26-14-12-11-13-15-26)37(54)46-28(22-30(52)57-9)40-43-18-21-59-40/h11-15,18,21,24-25,27-28,31-35,44,48H,16-17,19-20,22-23H2,1-10H3,(H,45,55)(H,46,54)(H,47,56)(H,49,53)/t24-,25+,27+,28-,31+,32+,33-,34-,35?/m1/s1. The van der Waals surface area contributed by atoms with Crippen molar-refractivity contribution in [3.63, 3.8) is 0 Å². The van der Waals surface area contributed by atoms with Gasteiger partial charge < -0.3 is 30.9 Å². The number of hydrogen-bond donors (Lipinski definition) is 6. The van der Waals surface area contributed by atoms with Gasteiger partial charge in [-0.1, -0.05) is 85.7 Å². The molecule has 4 rings (SSSR count). The highest BCUT2D eigenvalue weighted by atomic mass is 32.2. The van der Waals surface area contributed by atoms with Crippen molar-refractivity contribution in [2.75, 3.05) is 32.2 Å². The average Bonchev–Trinajstić information content (AvgIpc) is 3.86. The summed E-state index contributed by atoms with van der Waals surface area (Å²) in [6.45, 7) is 15.6. The molecule has 0 radical (unpaired) electrons. The van der Waals surface area contributed by atoms with E-state index in [0.29, 0.717) is 30.1 Å². The van der Waals surface area contributed by atoms with Crippen LogP contribution in [0, 0.1) is 16.7 Å². The normalized spacial score (nSPS) is 23.9. The molecule has 0 bridgehead atoms. The van der Waals surface area contributed by atoms with Gasteiger partial charge in [0.25, 0.3) is 0 Å². The fraction of sp³-hybridized carbons (Fsp3) is 0.643. The number of fused-ring (bicyclic) bond motifs is 1. The van der Waals surface area contributed by atoms with Gasteiger partial charge in [0.2, 0.25) is 29.5 Å². The second kappa shape index (κ2) is 21.0. The third-order valence-electron chi connectivity index (χ3n) is 11.1. The van der Waals surface area contributed by atoms with E-state index in [4.69, 9.17) is 4.74 Å². The van der Waals surface area contributed by atoms with Crippen LogP contribution >= 0.6 is 23.1 Å². The molecule has 2 aliphatic rings. The van der Waals surface area contributed by atoms with Crippen molar-refractivity contribution in [1.29, 1.82) is 0 Å². The van der Waals surface area contributed by atoms with Crippen LogP contribution in [0.1, 0.15) is 97.2 Å².